The van der Waals surface area contributed by atoms with Crippen LogP contribution in [0.3, 0.4) is 0 Å². The molecule has 1 aromatic rings. The average molecular weight is 248 g/mol. The molecule has 0 saturated heterocycles. The van der Waals surface area contributed by atoms with Gasteiger partial charge in [0.25, 0.3) is 0 Å². The van der Waals surface area contributed by atoms with Crippen LogP contribution in [-0.2, 0) is 11.3 Å². The van der Waals surface area contributed by atoms with Crippen molar-refractivity contribution in [1.29, 1.82) is 0 Å². The van der Waals surface area contributed by atoms with E-state index in [1.807, 2.05) is 24.4 Å². The van der Waals surface area contributed by atoms with Crippen LogP contribution >= 0.6 is 27.3 Å². The van der Waals surface area contributed by atoms with E-state index < -0.39 is 0 Å². The maximum absolute atomic E-state index is 11.1. The van der Waals surface area contributed by atoms with Gasteiger partial charge in [0.15, 0.2) is 0 Å². The summed E-state index contributed by atoms with van der Waals surface area (Å²) in [5.41, 5.74) is 0. The zero-order valence-electron chi connectivity index (χ0n) is 6.71. The van der Waals surface area contributed by atoms with Crippen molar-refractivity contribution >= 4 is 33.2 Å². The lowest BCUT2D eigenvalue weighted by Crippen LogP contribution is -2.28. The molecule has 0 saturated carbocycles. The van der Waals surface area contributed by atoms with Gasteiger partial charge in [0, 0.05) is 4.88 Å². The third kappa shape index (κ3) is 2.95. The predicted molar refractivity (Wildman–Crippen MR) is 54.6 cm³/mol. The van der Waals surface area contributed by atoms with Crippen molar-refractivity contribution in [2.75, 3.05) is 0 Å². The number of carbonyl (C=O) groups is 1. The number of hydrogen-bond donors (Lipinski definition) is 1. The first-order valence-electron chi connectivity index (χ1n) is 3.64. The fourth-order valence-corrected chi connectivity index (χ4v) is 1.53. The summed E-state index contributed by atoms with van der Waals surface area (Å²) in [5.74, 6) is 0.0309. The Hall–Kier alpha value is -0.350. The molecule has 4 heteroatoms. The highest BCUT2D eigenvalue weighted by Gasteiger charge is 2.07. The summed E-state index contributed by atoms with van der Waals surface area (Å²) in [7, 11) is 0. The van der Waals surface area contributed by atoms with Gasteiger partial charge < -0.3 is 5.32 Å². The molecule has 1 atom stereocenters. The fraction of sp³-hybridized carbons (Fsp3) is 0.375. The van der Waals surface area contributed by atoms with E-state index in [1.54, 1.807) is 11.3 Å². The first-order valence-corrected chi connectivity index (χ1v) is 5.44. The van der Waals surface area contributed by atoms with Crippen LogP contribution in [0.1, 0.15) is 11.8 Å². The number of rotatable bonds is 3. The molecule has 0 aliphatic heterocycles. The number of nitrogens with one attached hydrogen (secondary N) is 1. The Morgan fingerprint density at radius 1 is 1.83 bits per heavy atom. The summed E-state index contributed by atoms with van der Waals surface area (Å²) >= 11 is 4.84. The standard InChI is InChI=1S/C8H10BrNOS/c1-6(9)8(11)10-5-7-3-2-4-12-7/h2-4,6H,5H2,1H3,(H,10,11)/t6-/m0/s1. The Labute approximate surface area is 84.1 Å². The van der Waals surface area contributed by atoms with Gasteiger partial charge in [-0.3, -0.25) is 4.79 Å². The monoisotopic (exact) mass is 247 g/mol. The van der Waals surface area contributed by atoms with Gasteiger partial charge in [0.05, 0.1) is 11.4 Å². The summed E-state index contributed by atoms with van der Waals surface area (Å²) in [6.45, 7) is 2.44. The molecule has 0 radical (unpaired) electrons. The van der Waals surface area contributed by atoms with Gasteiger partial charge in [-0.05, 0) is 18.4 Å². The molecule has 12 heavy (non-hydrogen) atoms. The van der Waals surface area contributed by atoms with Crippen molar-refractivity contribution in [3.05, 3.63) is 22.4 Å². The summed E-state index contributed by atoms with van der Waals surface area (Å²) in [6, 6.07) is 3.98. The highest BCUT2D eigenvalue weighted by molar-refractivity contribution is 9.10. The van der Waals surface area contributed by atoms with E-state index in [1.165, 1.54) is 4.88 Å². The highest BCUT2D eigenvalue weighted by atomic mass is 79.9. The Balaban J connectivity index is 2.32. The van der Waals surface area contributed by atoms with Crippen LogP contribution in [0.25, 0.3) is 0 Å². The van der Waals surface area contributed by atoms with Crippen molar-refractivity contribution in [3.8, 4) is 0 Å². The molecule has 0 unspecified atom stereocenters. The maximum atomic E-state index is 11.1. The van der Waals surface area contributed by atoms with Crippen molar-refractivity contribution < 1.29 is 4.79 Å². The number of halogens is 1. The first-order chi connectivity index (χ1) is 5.70. The Morgan fingerprint density at radius 2 is 2.58 bits per heavy atom. The number of hydrogen-bond acceptors (Lipinski definition) is 2. The molecule has 1 aromatic heterocycles. The Morgan fingerprint density at radius 3 is 3.08 bits per heavy atom. The van der Waals surface area contributed by atoms with Crippen LogP contribution in [0.4, 0.5) is 0 Å². The second-order valence-corrected chi connectivity index (χ2v) is 4.82. The summed E-state index contributed by atoms with van der Waals surface area (Å²) in [6.07, 6.45) is 0. The lowest BCUT2D eigenvalue weighted by molar-refractivity contribution is -0.120. The number of carbonyl (C=O) groups excluding carboxylic acids is 1. The number of amides is 1. The molecule has 1 amide bonds. The van der Waals surface area contributed by atoms with E-state index in [0.717, 1.165) is 0 Å². The van der Waals surface area contributed by atoms with E-state index in [-0.39, 0.29) is 10.7 Å². The van der Waals surface area contributed by atoms with Gasteiger partial charge >= 0.3 is 0 Å². The zero-order chi connectivity index (χ0) is 8.97. The lowest BCUT2D eigenvalue weighted by Gasteiger charge is -2.03. The molecule has 1 heterocycles. The average Bonchev–Trinajstić information content (AvgIpc) is 2.51. The van der Waals surface area contributed by atoms with Gasteiger partial charge in [0.2, 0.25) is 5.91 Å². The molecule has 66 valence electrons. The smallest absolute Gasteiger partial charge is 0.233 e. The maximum Gasteiger partial charge on any atom is 0.233 e. The summed E-state index contributed by atoms with van der Waals surface area (Å²) < 4.78 is 0. The van der Waals surface area contributed by atoms with Crippen LogP contribution < -0.4 is 5.32 Å². The minimum absolute atomic E-state index is 0.0309. The van der Waals surface area contributed by atoms with Crippen molar-refractivity contribution in [2.45, 2.75) is 18.3 Å². The van der Waals surface area contributed by atoms with Gasteiger partial charge in [-0.2, -0.15) is 0 Å². The van der Waals surface area contributed by atoms with Crippen LogP contribution in [-0.4, -0.2) is 10.7 Å². The second kappa shape index (κ2) is 4.62. The normalized spacial score (nSPS) is 12.5. The zero-order valence-corrected chi connectivity index (χ0v) is 9.11. The van der Waals surface area contributed by atoms with E-state index in [4.69, 9.17) is 0 Å². The molecule has 0 spiro atoms. The van der Waals surface area contributed by atoms with Gasteiger partial charge in [-0.25, -0.2) is 0 Å². The third-order valence-electron chi connectivity index (χ3n) is 1.38. The number of thiophene rings is 1. The molecule has 0 aromatic carbocycles. The third-order valence-corrected chi connectivity index (χ3v) is 2.67. The van der Waals surface area contributed by atoms with Crippen LogP contribution in [0.5, 0.6) is 0 Å². The SMILES string of the molecule is C[C@H](Br)C(=O)NCc1cccs1. The quantitative estimate of drug-likeness (QED) is 0.816. The van der Waals surface area contributed by atoms with Crippen LogP contribution in [0, 0.1) is 0 Å². The minimum atomic E-state index is -0.113. The van der Waals surface area contributed by atoms with Crippen molar-refractivity contribution in [2.24, 2.45) is 0 Å². The second-order valence-electron chi connectivity index (χ2n) is 2.41. The molecule has 2 nitrogen and oxygen atoms in total. The van der Waals surface area contributed by atoms with Crippen LogP contribution in [0.15, 0.2) is 17.5 Å². The molecular formula is C8H10BrNOS. The van der Waals surface area contributed by atoms with E-state index in [0.29, 0.717) is 6.54 Å². The topological polar surface area (TPSA) is 29.1 Å². The summed E-state index contributed by atoms with van der Waals surface area (Å²) in [4.78, 5) is 12.1. The van der Waals surface area contributed by atoms with Gasteiger partial charge in [-0.1, -0.05) is 22.0 Å². The minimum Gasteiger partial charge on any atom is -0.350 e. The largest absolute Gasteiger partial charge is 0.350 e. The molecule has 0 aliphatic rings. The first kappa shape index (κ1) is 9.74. The lowest BCUT2D eigenvalue weighted by atomic mass is 10.4. The molecule has 0 aliphatic carbocycles. The van der Waals surface area contributed by atoms with E-state index in [2.05, 4.69) is 21.2 Å². The van der Waals surface area contributed by atoms with Gasteiger partial charge in [-0.15, -0.1) is 11.3 Å². The molecule has 1 N–H and O–H groups in total. The highest BCUT2D eigenvalue weighted by Crippen LogP contribution is 2.07. The van der Waals surface area contributed by atoms with Crippen LogP contribution in [0.2, 0.25) is 0 Å². The molecule has 1 rings (SSSR count). The molecule has 0 fully saturated rings. The fourth-order valence-electron chi connectivity index (χ4n) is 0.728. The van der Waals surface area contributed by atoms with Crippen molar-refractivity contribution in [3.63, 3.8) is 0 Å². The Bertz CT molecular complexity index is 246. The van der Waals surface area contributed by atoms with E-state index in [9.17, 15) is 4.79 Å². The van der Waals surface area contributed by atoms with E-state index >= 15 is 0 Å². The molecular weight excluding hydrogens is 238 g/mol. The predicted octanol–water partition coefficient (Wildman–Crippen LogP) is 2.15. The van der Waals surface area contributed by atoms with Crippen molar-refractivity contribution in [1.82, 2.24) is 5.32 Å². The van der Waals surface area contributed by atoms with Gasteiger partial charge in [0.1, 0.15) is 0 Å². The number of alkyl halides is 1. The molecule has 0 bridgehead atoms. The summed E-state index contributed by atoms with van der Waals surface area (Å²) in [5, 5.41) is 4.81. The Kier molecular flexibility index (Phi) is 3.75.